The molecule has 0 heterocycles. The maximum atomic E-state index is 8.98. The third-order valence-electron chi connectivity index (χ3n) is 2.65. The van der Waals surface area contributed by atoms with Gasteiger partial charge in [0.15, 0.2) is 0 Å². The molecule has 0 amide bonds. The first-order valence-electron chi connectivity index (χ1n) is 4.94. The molecule has 0 aromatic rings. The van der Waals surface area contributed by atoms with Gasteiger partial charge in [-0.3, -0.25) is 0 Å². The van der Waals surface area contributed by atoms with Crippen molar-refractivity contribution < 1.29 is 54.6 Å². The molecule has 4 heteroatoms. The Balaban J connectivity index is 0.00000112. The minimum atomic E-state index is 0. The Kier molecular flexibility index (Phi) is 7.84. The van der Waals surface area contributed by atoms with Gasteiger partial charge in [-0.05, 0) is 0 Å². The summed E-state index contributed by atoms with van der Waals surface area (Å²) in [6.45, 7) is 0.263. The van der Waals surface area contributed by atoms with Crippen molar-refractivity contribution in [2.45, 2.75) is 19.3 Å². The molecule has 16 heavy (non-hydrogen) atoms. The molecule has 0 atom stereocenters. The summed E-state index contributed by atoms with van der Waals surface area (Å²) in [6, 6.07) is 0. The molecule has 2 rings (SSSR count). The van der Waals surface area contributed by atoms with Crippen molar-refractivity contribution in [3.8, 4) is 0 Å². The van der Waals surface area contributed by atoms with Gasteiger partial charge >= 0.3 is 100.0 Å². The van der Waals surface area contributed by atoms with Gasteiger partial charge in [0.2, 0.25) is 0 Å². The first kappa shape index (κ1) is 16.4. The number of aliphatic hydroxyl groups excluding tert-OH is 1. The van der Waals surface area contributed by atoms with Gasteiger partial charge in [0.1, 0.15) is 0 Å². The van der Waals surface area contributed by atoms with E-state index in [1.807, 2.05) is 0 Å². The predicted octanol–water partition coefficient (Wildman–Crippen LogP) is -3.61. The van der Waals surface area contributed by atoms with Crippen LogP contribution in [0.1, 0.15) is 19.3 Å². The molecule has 0 aromatic heterocycles. The van der Waals surface area contributed by atoms with Gasteiger partial charge in [0.05, 0.1) is 0 Å². The van der Waals surface area contributed by atoms with E-state index in [1.165, 1.54) is 44.7 Å². The van der Waals surface area contributed by atoms with Gasteiger partial charge < -0.3 is 24.8 Å². The predicted molar refractivity (Wildman–Crippen MR) is 53.3 cm³/mol. The van der Waals surface area contributed by atoms with Gasteiger partial charge in [-0.1, -0.05) is 0 Å². The number of allylic oxidation sites excluding steroid dienone is 7. The summed E-state index contributed by atoms with van der Waals surface area (Å²) < 4.78 is 1.54. The number of hydrogen-bond acceptors (Lipinski definition) is 1. The Morgan fingerprint density at radius 3 is 2.56 bits per heavy atom. The summed E-state index contributed by atoms with van der Waals surface area (Å²) in [4.78, 5) is 0. The summed E-state index contributed by atoms with van der Waals surface area (Å²) in [7, 11) is 0. The van der Waals surface area contributed by atoms with Crippen LogP contribution in [-0.4, -0.2) is 11.7 Å². The van der Waals surface area contributed by atoms with Crippen molar-refractivity contribution in [3.63, 3.8) is 0 Å². The van der Waals surface area contributed by atoms with Gasteiger partial charge in [-0.15, -0.1) is 0 Å². The minimum Gasteiger partial charge on any atom is -1.00 e. The number of hydrogen-bond donors (Lipinski definition) is 1. The van der Waals surface area contributed by atoms with E-state index in [2.05, 4.69) is 24.3 Å². The van der Waals surface area contributed by atoms with Crippen LogP contribution in [0.4, 0.5) is 0 Å². The number of aliphatic hydroxyl groups is 1. The van der Waals surface area contributed by atoms with E-state index in [0.717, 1.165) is 19.3 Å². The fraction of sp³-hybridized carbons (Fsp3) is 0.333. The molecule has 0 aliphatic heterocycles. The Morgan fingerprint density at radius 1 is 1.25 bits per heavy atom. The van der Waals surface area contributed by atoms with Crippen LogP contribution in [0.5, 0.6) is 0 Å². The Bertz CT molecular complexity index is 367. The number of halogens is 2. The molecule has 2 aliphatic carbocycles. The second-order valence-electron chi connectivity index (χ2n) is 3.58. The average molecular weight is 335 g/mol. The van der Waals surface area contributed by atoms with Gasteiger partial charge in [-0.2, -0.15) is 0 Å². The summed E-state index contributed by atoms with van der Waals surface area (Å²) in [5.74, 6) is 0. The second kappa shape index (κ2) is 7.66. The molecule has 85 valence electrons. The van der Waals surface area contributed by atoms with Gasteiger partial charge in [-0.25, -0.2) is 0 Å². The van der Waals surface area contributed by atoms with Crippen LogP contribution in [0.15, 0.2) is 44.3 Å². The van der Waals surface area contributed by atoms with E-state index in [1.54, 1.807) is 0 Å². The van der Waals surface area contributed by atoms with Crippen LogP contribution in [0, 0.1) is 0 Å². The van der Waals surface area contributed by atoms with Crippen molar-refractivity contribution >= 4 is 0 Å². The van der Waals surface area contributed by atoms with Crippen LogP contribution in [0.2, 0.25) is 0 Å². The van der Waals surface area contributed by atoms with Crippen LogP contribution in [0.3, 0.4) is 0 Å². The van der Waals surface area contributed by atoms with Crippen molar-refractivity contribution in [1.29, 1.82) is 0 Å². The van der Waals surface area contributed by atoms with E-state index < -0.39 is 0 Å². The van der Waals surface area contributed by atoms with E-state index in [-0.39, 0.29) is 31.4 Å². The molecule has 0 spiro atoms. The van der Waals surface area contributed by atoms with Crippen LogP contribution < -0.4 is 24.8 Å². The first-order chi connectivity index (χ1) is 6.83. The topological polar surface area (TPSA) is 20.2 Å². The molecule has 2 aliphatic rings. The molecule has 1 nitrogen and oxygen atoms in total. The molecule has 0 fully saturated rings. The SMILES string of the molecule is OCCC1=CC[C]([Zr+2])=C1C1=CC=CC1.[Cl-].[Cl-]. The molecule has 0 radical (unpaired) electrons. The third-order valence-corrected chi connectivity index (χ3v) is 3.77. The molecular formula is C12H13Cl2OZr. The Morgan fingerprint density at radius 2 is 2.00 bits per heavy atom. The third kappa shape index (κ3) is 3.44. The normalized spacial score (nSPS) is 17.9. The zero-order valence-corrected chi connectivity index (χ0v) is 12.8. The fourth-order valence-electron chi connectivity index (χ4n) is 2.00. The van der Waals surface area contributed by atoms with Crippen molar-refractivity contribution in [1.82, 2.24) is 0 Å². The van der Waals surface area contributed by atoms with Gasteiger partial charge in [0, 0.05) is 0 Å². The molecular weight excluding hydrogens is 322 g/mol. The Hall–Kier alpha value is 0.383. The summed E-state index contributed by atoms with van der Waals surface area (Å²) in [6.07, 6.45) is 11.8. The zero-order chi connectivity index (χ0) is 9.97. The van der Waals surface area contributed by atoms with E-state index >= 15 is 0 Å². The minimum absolute atomic E-state index is 0. The standard InChI is InChI=1S/C12H13O.2ClH.Zr/c13-9-8-11-6-3-7-12(11)10-4-1-2-5-10;;;/h1-2,4,6,13H,3,5,8-9H2;2*1H;/q;;;+2/p-2. The maximum absolute atomic E-state index is 8.98. The molecule has 0 saturated heterocycles. The summed E-state index contributed by atoms with van der Waals surface area (Å²) in [5, 5.41) is 8.98. The van der Waals surface area contributed by atoms with Crippen molar-refractivity contribution in [2.75, 3.05) is 6.61 Å². The Labute approximate surface area is 124 Å². The first-order valence-corrected chi connectivity index (χ1v) is 6.17. The second-order valence-corrected chi connectivity index (χ2v) is 5.07. The van der Waals surface area contributed by atoms with E-state index in [9.17, 15) is 0 Å². The molecule has 0 bridgehead atoms. The van der Waals surface area contributed by atoms with Crippen LogP contribution >= 0.6 is 0 Å². The van der Waals surface area contributed by atoms with Crippen LogP contribution in [-0.2, 0) is 24.7 Å². The molecule has 0 saturated carbocycles. The average Bonchev–Trinajstić information content (AvgIpc) is 2.76. The quantitative estimate of drug-likeness (QED) is 0.565. The molecule has 0 aromatic carbocycles. The molecule has 1 N–H and O–H groups in total. The van der Waals surface area contributed by atoms with Crippen molar-refractivity contribution in [3.05, 3.63) is 44.3 Å². The van der Waals surface area contributed by atoms with E-state index in [4.69, 9.17) is 5.11 Å². The monoisotopic (exact) mass is 333 g/mol. The van der Waals surface area contributed by atoms with E-state index in [0.29, 0.717) is 0 Å². The zero-order valence-electron chi connectivity index (χ0n) is 8.84. The molecule has 0 unspecified atom stereocenters. The summed E-state index contributed by atoms with van der Waals surface area (Å²) >= 11 is 1.51. The maximum Gasteiger partial charge on any atom is -1.00 e. The van der Waals surface area contributed by atoms with Gasteiger partial charge in [0.25, 0.3) is 0 Å². The van der Waals surface area contributed by atoms with Crippen molar-refractivity contribution in [2.24, 2.45) is 0 Å². The van der Waals surface area contributed by atoms with Crippen LogP contribution in [0.25, 0.3) is 0 Å². The largest absolute Gasteiger partial charge is 1.00 e. The smallest absolute Gasteiger partial charge is 1.00 e. The summed E-state index contributed by atoms with van der Waals surface area (Å²) in [5.41, 5.74) is 4.24. The number of rotatable bonds is 3. The fourth-order valence-corrected chi connectivity index (χ4v) is 3.04.